The van der Waals surface area contributed by atoms with Gasteiger partial charge in [0.15, 0.2) is 0 Å². The molecule has 5 aromatic rings. The Kier molecular flexibility index (Phi) is 4.14. The SMILES string of the molecule is C[Si](C)(C)c1ccc(-c2cccc3c2oc2cc(-c4ccccc4)ccc23)nc1. The molecule has 0 radical (unpaired) electrons. The molecule has 29 heavy (non-hydrogen) atoms. The molecule has 0 aliphatic rings. The standard InChI is InChI=1S/C26H23NOSi/c1-29(2,3)20-13-15-24(27-17-20)23-11-7-10-22-21-14-12-19(16-25(21)28-26(22)23)18-8-5-4-6-9-18/h4-17H,1-3H3. The lowest BCUT2D eigenvalue weighted by Crippen LogP contribution is -2.37. The van der Waals surface area contributed by atoms with Crippen LogP contribution in [0.5, 0.6) is 0 Å². The Bertz CT molecular complexity index is 1310. The third-order valence-electron chi connectivity index (χ3n) is 5.51. The number of fused-ring (bicyclic) bond motifs is 3. The normalized spacial score (nSPS) is 12.0. The first-order valence-corrected chi connectivity index (χ1v) is 13.5. The van der Waals surface area contributed by atoms with Gasteiger partial charge in [-0.1, -0.05) is 74.2 Å². The first-order valence-electron chi connectivity index (χ1n) is 9.98. The molecule has 0 spiro atoms. The van der Waals surface area contributed by atoms with E-state index in [-0.39, 0.29) is 0 Å². The maximum Gasteiger partial charge on any atom is 0.144 e. The van der Waals surface area contributed by atoms with Crippen LogP contribution in [0.3, 0.4) is 0 Å². The van der Waals surface area contributed by atoms with Crippen LogP contribution < -0.4 is 5.19 Å². The predicted octanol–water partition coefficient (Wildman–Crippen LogP) is 6.86. The van der Waals surface area contributed by atoms with E-state index in [2.05, 4.69) is 92.4 Å². The Morgan fingerprint density at radius 2 is 1.55 bits per heavy atom. The van der Waals surface area contributed by atoms with E-state index < -0.39 is 8.07 Å². The fourth-order valence-electron chi connectivity index (χ4n) is 3.81. The summed E-state index contributed by atoms with van der Waals surface area (Å²) in [5, 5.41) is 3.64. The predicted molar refractivity (Wildman–Crippen MR) is 125 cm³/mol. The van der Waals surface area contributed by atoms with Crippen molar-refractivity contribution in [3.8, 4) is 22.4 Å². The fraction of sp³-hybridized carbons (Fsp3) is 0.115. The highest BCUT2D eigenvalue weighted by molar-refractivity contribution is 6.88. The van der Waals surface area contributed by atoms with Gasteiger partial charge in [0.1, 0.15) is 11.2 Å². The minimum atomic E-state index is -1.36. The minimum absolute atomic E-state index is 0.904. The quantitative estimate of drug-likeness (QED) is 0.313. The van der Waals surface area contributed by atoms with Crippen LogP contribution in [0.25, 0.3) is 44.3 Å². The lowest BCUT2D eigenvalue weighted by Gasteiger charge is -2.16. The van der Waals surface area contributed by atoms with Crippen molar-refractivity contribution in [1.82, 2.24) is 4.98 Å². The van der Waals surface area contributed by atoms with E-state index in [4.69, 9.17) is 9.40 Å². The van der Waals surface area contributed by atoms with Crippen LogP contribution in [0.4, 0.5) is 0 Å². The van der Waals surface area contributed by atoms with Gasteiger partial charge in [-0.25, -0.2) is 0 Å². The Morgan fingerprint density at radius 1 is 0.724 bits per heavy atom. The van der Waals surface area contributed by atoms with Crippen molar-refractivity contribution in [2.45, 2.75) is 19.6 Å². The van der Waals surface area contributed by atoms with Crippen LogP contribution in [0.1, 0.15) is 0 Å². The molecule has 5 rings (SSSR count). The molecule has 2 heterocycles. The summed E-state index contributed by atoms with van der Waals surface area (Å²) in [4.78, 5) is 4.78. The Labute approximate surface area is 171 Å². The summed E-state index contributed by atoms with van der Waals surface area (Å²) in [5.41, 5.74) is 6.17. The van der Waals surface area contributed by atoms with Crippen LogP contribution in [-0.4, -0.2) is 13.1 Å². The highest BCUT2D eigenvalue weighted by atomic mass is 28.3. The third kappa shape index (κ3) is 3.18. The van der Waals surface area contributed by atoms with E-state index >= 15 is 0 Å². The van der Waals surface area contributed by atoms with Gasteiger partial charge in [0.05, 0.1) is 13.8 Å². The number of rotatable bonds is 3. The largest absolute Gasteiger partial charge is 0.455 e. The lowest BCUT2D eigenvalue weighted by molar-refractivity contribution is 0.670. The van der Waals surface area contributed by atoms with Crippen molar-refractivity contribution in [3.63, 3.8) is 0 Å². The average molecular weight is 394 g/mol. The molecule has 3 aromatic carbocycles. The summed E-state index contributed by atoms with van der Waals surface area (Å²) >= 11 is 0. The molecular formula is C26H23NOSi. The van der Waals surface area contributed by atoms with Gasteiger partial charge in [-0.3, -0.25) is 4.98 Å². The topological polar surface area (TPSA) is 26.0 Å². The maximum atomic E-state index is 6.37. The molecule has 0 atom stereocenters. The molecule has 0 bridgehead atoms. The van der Waals surface area contributed by atoms with Crippen LogP contribution in [0.2, 0.25) is 19.6 Å². The number of hydrogen-bond acceptors (Lipinski definition) is 2. The van der Waals surface area contributed by atoms with Crippen molar-refractivity contribution in [2.75, 3.05) is 0 Å². The minimum Gasteiger partial charge on any atom is -0.455 e. The monoisotopic (exact) mass is 393 g/mol. The zero-order chi connectivity index (χ0) is 20.0. The number of para-hydroxylation sites is 1. The zero-order valence-corrected chi connectivity index (χ0v) is 17.9. The van der Waals surface area contributed by atoms with Crippen molar-refractivity contribution in [3.05, 3.63) is 85.1 Å². The van der Waals surface area contributed by atoms with Gasteiger partial charge in [-0.15, -0.1) is 0 Å². The number of furan rings is 1. The molecule has 0 amide bonds. The second kappa shape index (κ2) is 6.71. The van der Waals surface area contributed by atoms with Gasteiger partial charge < -0.3 is 4.42 Å². The molecule has 2 nitrogen and oxygen atoms in total. The Morgan fingerprint density at radius 3 is 2.28 bits per heavy atom. The highest BCUT2D eigenvalue weighted by Crippen LogP contribution is 2.36. The van der Waals surface area contributed by atoms with Crippen LogP contribution in [-0.2, 0) is 0 Å². The van der Waals surface area contributed by atoms with E-state index in [1.54, 1.807) is 0 Å². The van der Waals surface area contributed by atoms with Gasteiger partial charge in [-0.05, 0) is 40.6 Å². The van der Waals surface area contributed by atoms with Crippen molar-refractivity contribution >= 4 is 35.2 Å². The van der Waals surface area contributed by atoms with Crippen LogP contribution in [0, 0.1) is 0 Å². The second-order valence-corrected chi connectivity index (χ2v) is 13.6. The average Bonchev–Trinajstić information content (AvgIpc) is 3.12. The second-order valence-electron chi connectivity index (χ2n) is 8.54. The molecule has 0 fully saturated rings. The lowest BCUT2D eigenvalue weighted by atomic mass is 10.0. The van der Waals surface area contributed by atoms with Gasteiger partial charge in [0, 0.05) is 22.5 Å². The molecule has 3 heteroatoms. The zero-order valence-electron chi connectivity index (χ0n) is 16.9. The highest BCUT2D eigenvalue weighted by Gasteiger charge is 2.18. The molecule has 0 aliphatic heterocycles. The smallest absolute Gasteiger partial charge is 0.144 e. The van der Waals surface area contributed by atoms with Gasteiger partial charge >= 0.3 is 0 Å². The fourth-order valence-corrected chi connectivity index (χ4v) is 4.84. The summed E-state index contributed by atoms with van der Waals surface area (Å²) < 4.78 is 6.37. The summed E-state index contributed by atoms with van der Waals surface area (Å²) in [6.07, 6.45) is 2.04. The number of pyridine rings is 1. The third-order valence-corrected chi connectivity index (χ3v) is 7.54. The summed E-state index contributed by atoms with van der Waals surface area (Å²) in [6.45, 7) is 7.02. The van der Waals surface area contributed by atoms with Crippen molar-refractivity contribution < 1.29 is 4.42 Å². The molecular weight excluding hydrogens is 370 g/mol. The molecule has 0 N–H and O–H groups in total. The summed E-state index contributed by atoms with van der Waals surface area (Å²) in [5.74, 6) is 0. The van der Waals surface area contributed by atoms with Crippen molar-refractivity contribution in [1.29, 1.82) is 0 Å². The molecule has 142 valence electrons. The van der Waals surface area contributed by atoms with Gasteiger partial charge in [0.25, 0.3) is 0 Å². The molecule has 0 saturated heterocycles. The number of aromatic nitrogens is 1. The summed E-state index contributed by atoms with van der Waals surface area (Å²) in [7, 11) is -1.36. The number of nitrogens with zero attached hydrogens (tertiary/aromatic N) is 1. The van der Waals surface area contributed by atoms with E-state index in [0.29, 0.717) is 0 Å². The molecule has 2 aromatic heterocycles. The van der Waals surface area contributed by atoms with Crippen molar-refractivity contribution in [2.24, 2.45) is 0 Å². The first kappa shape index (κ1) is 17.9. The number of hydrogen-bond donors (Lipinski definition) is 0. The van der Waals surface area contributed by atoms with Gasteiger partial charge in [-0.2, -0.15) is 0 Å². The molecule has 0 saturated carbocycles. The molecule has 0 aliphatic carbocycles. The molecule has 0 unspecified atom stereocenters. The van der Waals surface area contributed by atoms with Crippen LogP contribution in [0.15, 0.2) is 89.5 Å². The van der Waals surface area contributed by atoms with E-state index in [1.807, 2.05) is 12.3 Å². The first-order chi connectivity index (χ1) is 14.0. The van der Waals surface area contributed by atoms with E-state index in [0.717, 1.165) is 38.8 Å². The number of benzene rings is 3. The van der Waals surface area contributed by atoms with Crippen LogP contribution >= 0.6 is 0 Å². The Hall–Kier alpha value is -3.17. The summed E-state index contributed by atoms with van der Waals surface area (Å²) in [6, 6.07) is 27.5. The van der Waals surface area contributed by atoms with Gasteiger partial charge in [0.2, 0.25) is 0 Å². The van der Waals surface area contributed by atoms with E-state index in [9.17, 15) is 0 Å². The maximum absolute atomic E-state index is 6.37. The Balaban J connectivity index is 1.66. The van der Waals surface area contributed by atoms with E-state index in [1.165, 1.54) is 10.8 Å².